The van der Waals surface area contributed by atoms with Gasteiger partial charge in [0.1, 0.15) is 0 Å². The van der Waals surface area contributed by atoms with Crippen molar-refractivity contribution in [3.8, 4) is 0 Å². The van der Waals surface area contributed by atoms with Crippen LogP contribution in [0.5, 0.6) is 0 Å². The quantitative estimate of drug-likeness (QED) is 0.893. The SMILES string of the molecule is CNCCN1c2ccccc2Sc2ccc(C(F)(F)F)cc21. The van der Waals surface area contributed by atoms with Gasteiger partial charge in [-0.05, 0) is 37.4 Å². The van der Waals surface area contributed by atoms with Crippen LogP contribution in [0.1, 0.15) is 5.56 Å². The lowest BCUT2D eigenvalue weighted by atomic mass is 10.1. The molecule has 0 saturated carbocycles. The summed E-state index contributed by atoms with van der Waals surface area (Å²) < 4.78 is 39.0. The van der Waals surface area contributed by atoms with Crippen LogP contribution >= 0.6 is 11.8 Å². The van der Waals surface area contributed by atoms with Gasteiger partial charge in [-0.25, -0.2) is 0 Å². The number of benzene rings is 2. The number of hydrogen-bond donors (Lipinski definition) is 1. The maximum atomic E-state index is 13.0. The molecule has 0 aromatic heterocycles. The summed E-state index contributed by atoms with van der Waals surface area (Å²) >= 11 is 1.51. The molecule has 3 rings (SSSR count). The van der Waals surface area contributed by atoms with Crippen LogP contribution in [0.3, 0.4) is 0 Å². The number of alkyl halides is 3. The lowest BCUT2D eigenvalue weighted by Crippen LogP contribution is -2.29. The van der Waals surface area contributed by atoms with Crippen molar-refractivity contribution in [2.75, 3.05) is 25.0 Å². The molecular weight excluding hydrogens is 309 g/mol. The average molecular weight is 324 g/mol. The number of fused-ring (bicyclic) bond motifs is 2. The molecule has 0 spiro atoms. The van der Waals surface area contributed by atoms with Gasteiger partial charge in [0.15, 0.2) is 0 Å². The van der Waals surface area contributed by atoms with Gasteiger partial charge < -0.3 is 10.2 Å². The van der Waals surface area contributed by atoms with Crippen LogP contribution in [-0.2, 0) is 6.18 Å². The van der Waals surface area contributed by atoms with Gasteiger partial charge in [0.2, 0.25) is 0 Å². The monoisotopic (exact) mass is 324 g/mol. The first-order valence-electron chi connectivity index (χ1n) is 6.91. The second kappa shape index (κ2) is 5.85. The molecule has 2 aromatic rings. The molecule has 2 aromatic carbocycles. The Kier molecular flexibility index (Phi) is 4.06. The van der Waals surface area contributed by atoms with E-state index < -0.39 is 11.7 Å². The highest BCUT2D eigenvalue weighted by molar-refractivity contribution is 7.99. The average Bonchev–Trinajstić information content (AvgIpc) is 2.50. The molecule has 0 saturated heterocycles. The molecule has 0 fully saturated rings. The molecule has 1 aliphatic rings. The molecule has 22 heavy (non-hydrogen) atoms. The van der Waals surface area contributed by atoms with Gasteiger partial charge in [-0.3, -0.25) is 0 Å². The molecule has 0 bridgehead atoms. The number of hydrogen-bond acceptors (Lipinski definition) is 3. The number of rotatable bonds is 3. The Bertz CT molecular complexity index is 685. The van der Waals surface area contributed by atoms with E-state index >= 15 is 0 Å². The fourth-order valence-corrected chi connectivity index (χ4v) is 3.55. The number of para-hydroxylation sites is 1. The van der Waals surface area contributed by atoms with Gasteiger partial charge in [-0.1, -0.05) is 23.9 Å². The van der Waals surface area contributed by atoms with Gasteiger partial charge in [-0.15, -0.1) is 0 Å². The van der Waals surface area contributed by atoms with Crippen LogP contribution in [0.2, 0.25) is 0 Å². The summed E-state index contributed by atoms with van der Waals surface area (Å²) in [6.45, 7) is 1.30. The fraction of sp³-hybridized carbons (Fsp3) is 0.250. The first-order chi connectivity index (χ1) is 10.5. The Morgan fingerprint density at radius 2 is 1.77 bits per heavy atom. The summed E-state index contributed by atoms with van der Waals surface area (Å²) in [5.41, 5.74) is 0.962. The van der Waals surface area contributed by atoms with Gasteiger partial charge in [0.25, 0.3) is 0 Å². The number of nitrogens with one attached hydrogen (secondary N) is 1. The Morgan fingerprint density at radius 3 is 2.50 bits per heavy atom. The van der Waals surface area contributed by atoms with Crippen molar-refractivity contribution in [2.45, 2.75) is 16.0 Å². The second-order valence-corrected chi connectivity index (χ2v) is 6.09. The predicted molar refractivity (Wildman–Crippen MR) is 82.9 cm³/mol. The van der Waals surface area contributed by atoms with Crippen molar-refractivity contribution in [2.24, 2.45) is 0 Å². The molecule has 6 heteroatoms. The predicted octanol–water partition coefficient (Wildman–Crippen LogP) is 4.53. The molecule has 0 amide bonds. The summed E-state index contributed by atoms with van der Waals surface area (Å²) in [5.74, 6) is 0. The molecular formula is C16H15F3N2S. The van der Waals surface area contributed by atoms with Gasteiger partial charge in [0.05, 0.1) is 16.9 Å². The van der Waals surface area contributed by atoms with Crippen molar-refractivity contribution < 1.29 is 13.2 Å². The Morgan fingerprint density at radius 1 is 1.05 bits per heavy atom. The molecule has 1 aliphatic heterocycles. The molecule has 0 radical (unpaired) electrons. The summed E-state index contributed by atoms with van der Waals surface area (Å²) in [7, 11) is 1.83. The van der Waals surface area contributed by atoms with E-state index in [-0.39, 0.29) is 0 Å². The standard InChI is InChI=1S/C16H15F3N2S/c1-20-8-9-21-12-4-2-3-5-14(12)22-15-7-6-11(10-13(15)21)16(17,18)19/h2-7,10,20H,8-9H2,1H3. The zero-order valence-electron chi connectivity index (χ0n) is 11.9. The first kappa shape index (κ1) is 15.2. The van der Waals surface area contributed by atoms with Crippen molar-refractivity contribution >= 4 is 23.1 Å². The molecule has 0 aliphatic carbocycles. The number of likely N-dealkylation sites (N-methyl/N-ethyl adjacent to an activating group) is 1. The third-order valence-electron chi connectivity index (χ3n) is 3.54. The number of nitrogens with zero attached hydrogens (tertiary/aromatic N) is 1. The zero-order valence-corrected chi connectivity index (χ0v) is 12.8. The van der Waals surface area contributed by atoms with Crippen LogP contribution < -0.4 is 10.2 Å². The topological polar surface area (TPSA) is 15.3 Å². The van der Waals surface area contributed by atoms with Crippen molar-refractivity contribution in [3.05, 3.63) is 48.0 Å². The van der Waals surface area contributed by atoms with Crippen molar-refractivity contribution in [1.82, 2.24) is 5.32 Å². The summed E-state index contributed by atoms with van der Waals surface area (Å²) in [5, 5.41) is 3.05. The normalized spacial score (nSPS) is 13.7. The summed E-state index contributed by atoms with van der Waals surface area (Å²) in [6.07, 6.45) is -4.33. The van der Waals surface area contributed by atoms with Crippen molar-refractivity contribution in [1.29, 1.82) is 0 Å². The van der Waals surface area contributed by atoms with Crippen molar-refractivity contribution in [3.63, 3.8) is 0 Å². The van der Waals surface area contributed by atoms with E-state index in [4.69, 9.17) is 0 Å². The molecule has 116 valence electrons. The Hall–Kier alpha value is -1.66. The van der Waals surface area contributed by atoms with Gasteiger partial charge in [0, 0.05) is 22.9 Å². The van der Waals surface area contributed by atoms with E-state index in [2.05, 4.69) is 5.32 Å². The maximum absolute atomic E-state index is 13.0. The van der Waals surface area contributed by atoms with Gasteiger partial charge >= 0.3 is 6.18 Å². The molecule has 0 unspecified atom stereocenters. The summed E-state index contributed by atoms with van der Waals surface area (Å²) in [6, 6.07) is 11.7. The smallest absolute Gasteiger partial charge is 0.338 e. The van der Waals surface area contributed by atoms with Crippen LogP contribution in [0, 0.1) is 0 Å². The van der Waals surface area contributed by atoms with Crippen LogP contribution in [0.15, 0.2) is 52.3 Å². The van der Waals surface area contributed by atoms with E-state index in [0.29, 0.717) is 18.8 Å². The summed E-state index contributed by atoms with van der Waals surface area (Å²) in [4.78, 5) is 3.86. The maximum Gasteiger partial charge on any atom is 0.416 e. The molecule has 0 atom stereocenters. The van der Waals surface area contributed by atoms with E-state index in [1.54, 1.807) is 6.07 Å². The fourth-order valence-electron chi connectivity index (χ4n) is 2.47. The highest BCUT2D eigenvalue weighted by Crippen LogP contribution is 2.49. The van der Waals surface area contributed by atoms with E-state index in [9.17, 15) is 13.2 Å². The van der Waals surface area contributed by atoms with Gasteiger partial charge in [-0.2, -0.15) is 13.2 Å². The Balaban J connectivity index is 2.08. The lowest BCUT2D eigenvalue weighted by Gasteiger charge is -2.33. The Labute approximate surface area is 131 Å². The van der Waals surface area contributed by atoms with Crippen LogP contribution in [-0.4, -0.2) is 20.1 Å². The van der Waals surface area contributed by atoms with Crippen LogP contribution in [0.25, 0.3) is 0 Å². The first-order valence-corrected chi connectivity index (χ1v) is 7.72. The zero-order chi connectivity index (χ0) is 15.7. The van der Waals surface area contributed by atoms with E-state index in [1.165, 1.54) is 17.8 Å². The molecule has 1 heterocycles. The lowest BCUT2D eigenvalue weighted by molar-refractivity contribution is -0.137. The number of halogens is 3. The second-order valence-electron chi connectivity index (χ2n) is 5.01. The van der Waals surface area contributed by atoms with E-state index in [1.807, 2.05) is 36.2 Å². The molecule has 1 N–H and O–H groups in total. The third-order valence-corrected chi connectivity index (χ3v) is 4.67. The third kappa shape index (κ3) is 2.80. The largest absolute Gasteiger partial charge is 0.416 e. The minimum Gasteiger partial charge on any atom is -0.338 e. The van der Waals surface area contributed by atoms with E-state index in [0.717, 1.165) is 21.5 Å². The minimum absolute atomic E-state index is 0.610. The van der Waals surface area contributed by atoms with Crippen LogP contribution in [0.4, 0.5) is 24.5 Å². The highest BCUT2D eigenvalue weighted by Gasteiger charge is 2.33. The minimum atomic E-state index is -4.33. The highest BCUT2D eigenvalue weighted by atomic mass is 32.2. The molecule has 2 nitrogen and oxygen atoms in total. The number of anilines is 2.